The highest BCUT2D eigenvalue weighted by Crippen LogP contribution is 2.40. The Balaban J connectivity index is 1.86. The molecule has 1 saturated heterocycles. The van der Waals surface area contributed by atoms with Crippen LogP contribution >= 0.6 is 24.0 Å². The van der Waals surface area contributed by atoms with Crippen molar-refractivity contribution in [3.05, 3.63) is 52.4 Å². The molecule has 0 unspecified atom stereocenters. The molecule has 1 aliphatic heterocycles. The molecule has 10 heteroatoms. The van der Waals surface area contributed by atoms with Gasteiger partial charge in [0.1, 0.15) is 5.75 Å². The second kappa shape index (κ2) is 9.06. The lowest BCUT2D eigenvalue weighted by molar-refractivity contribution is -0.123. The molecule has 1 aliphatic rings. The SMILES string of the molecule is COc1cc(C=C2SC(=S)N(NC(=O)c3ccccc3O)C2=O)cc(OC)c1OC. The van der Waals surface area contributed by atoms with E-state index < -0.39 is 11.8 Å². The summed E-state index contributed by atoms with van der Waals surface area (Å²) in [5, 5.41) is 10.8. The van der Waals surface area contributed by atoms with E-state index in [0.717, 1.165) is 16.8 Å². The van der Waals surface area contributed by atoms with Crippen LogP contribution in [0.15, 0.2) is 41.3 Å². The third-order valence-electron chi connectivity index (χ3n) is 4.14. The van der Waals surface area contributed by atoms with Gasteiger partial charge in [-0.1, -0.05) is 23.9 Å². The number of aromatic hydroxyl groups is 1. The first-order valence-corrected chi connectivity index (χ1v) is 9.79. The van der Waals surface area contributed by atoms with Gasteiger partial charge in [-0.25, -0.2) is 0 Å². The van der Waals surface area contributed by atoms with E-state index in [1.165, 1.54) is 33.5 Å². The summed E-state index contributed by atoms with van der Waals surface area (Å²) in [5.41, 5.74) is 3.08. The largest absolute Gasteiger partial charge is 0.507 e. The van der Waals surface area contributed by atoms with Crippen LogP contribution in [0.25, 0.3) is 6.08 Å². The molecular formula is C20H18N2O6S2. The van der Waals surface area contributed by atoms with Crippen LogP contribution in [0.5, 0.6) is 23.0 Å². The van der Waals surface area contributed by atoms with Crippen LogP contribution in [0.1, 0.15) is 15.9 Å². The number of ether oxygens (including phenoxy) is 3. The Labute approximate surface area is 182 Å². The average Bonchev–Trinajstić information content (AvgIpc) is 3.00. The van der Waals surface area contributed by atoms with E-state index in [4.69, 9.17) is 26.4 Å². The summed E-state index contributed by atoms with van der Waals surface area (Å²) in [6.45, 7) is 0. The maximum Gasteiger partial charge on any atom is 0.285 e. The minimum atomic E-state index is -0.654. The van der Waals surface area contributed by atoms with Gasteiger partial charge in [0.15, 0.2) is 15.8 Å². The molecule has 0 bridgehead atoms. The predicted molar refractivity (Wildman–Crippen MR) is 117 cm³/mol. The second-order valence-corrected chi connectivity index (χ2v) is 7.61. The molecular weight excluding hydrogens is 428 g/mol. The van der Waals surface area contributed by atoms with Crippen molar-refractivity contribution in [3.63, 3.8) is 0 Å². The van der Waals surface area contributed by atoms with E-state index in [2.05, 4.69) is 5.43 Å². The van der Waals surface area contributed by atoms with Crippen molar-refractivity contribution in [2.75, 3.05) is 21.3 Å². The maximum absolute atomic E-state index is 12.8. The smallest absolute Gasteiger partial charge is 0.285 e. The Hall–Kier alpha value is -3.24. The first-order valence-electron chi connectivity index (χ1n) is 8.56. The lowest BCUT2D eigenvalue weighted by Gasteiger charge is -2.16. The molecule has 0 aliphatic carbocycles. The summed E-state index contributed by atoms with van der Waals surface area (Å²) in [4.78, 5) is 25.5. The van der Waals surface area contributed by atoms with Gasteiger partial charge < -0.3 is 19.3 Å². The zero-order valence-electron chi connectivity index (χ0n) is 16.3. The molecule has 3 rings (SSSR count). The van der Waals surface area contributed by atoms with Crippen molar-refractivity contribution in [1.29, 1.82) is 0 Å². The molecule has 0 radical (unpaired) electrons. The summed E-state index contributed by atoms with van der Waals surface area (Å²) in [7, 11) is 4.49. The summed E-state index contributed by atoms with van der Waals surface area (Å²) in [6.07, 6.45) is 1.61. The van der Waals surface area contributed by atoms with Gasteiger partial charge in [0.25, 0.3) is 11.8 Å². The maximum atomic E-state index is 12.8. The summed E-state index contributed by atoms with van der Waals surface area (Å²) >= 11 is 6.26. The van der Waals surface area contributed by atoms with Gasteiger partial charge in [-0.15, -0.1) is 0 Å². The zero-order chi connectivity index (χ0) is 21.8. The topological polar surface area (TPSA) is 97.3 Å². The molecule has 0 saturated carbocycles. The minimum Gasteiger partial charge on any atom is -0.507 e. The number of thiocarbonyl (C=S) groups is 1. The number of rotatable bonds is 6. The Morgan fingerprint density at radius 2 is 1.77 bits per heavy atom. The Morgan fingerprint density at radius 3 is 2.33 bits per heavy atom. The first kappa shape index (κ1) is 21.5. The Bertz CT molecular complexity index is 1030. The van der Waals surface area contributed by atoms with Crippen LogP contribution in [0.3, 0.4) is 0 Å². The third-order valence-corrected chi connectivity index (χ3v) is 5.44. The normalized spacial score (nSPS) is 14.8. The lowest BCUT2D eigenvalue weighted by atomic mass is 10.1. The predicted octanol–water partition coefficient (Wildman–Crippen LogP) is 2.96. The van der Waals surface area contributed by atoms with Crippen molar-refractivity contribution in [3.8, 4) is 23.0 Å². The van der Waals surface area contributed by atoms with Crippen molar-refractivity contribution >= 4 is 46.2 Å². The van der Waals surface area contributed by atoms with Crippen LogP contribution in [0.4, 0.5) is 0 Å². The highest BCUT2D eigenvalue weighted by molar-refractivity contribution is 8.26. The van der Waals surface area contributed by atoms with Gasteiger partial charge in [0, 0.05) is 0 Å². The summed E-state index contributed by atoms with van der Waals surface area (Å²) in [6, 6.07) is 9.38. The molecule has 0 spiro atoms. The van der Waals surface area contributed by atoms with Gasteiger partial charge in [0.05, 0.1) is 31.8 Å². The highest BCUT2D eigenvalue weighted by atomic mass is 32.2. The number of nitrogens with one attached hydrogen (secondary N) is 1. The monoisotopic (exact) mass is 446 g/mol. The molecule has 0 aromatic heterocycles. The molecule has 1 heterocycles. The number of carbonyl (C=O) groups is 2. The standard InChI is InChI=1S/C20H18N2O6S2/c1-26-14-8-11(9-15(27-2)17(14)28-3)10-16-19(25)22(20(29)30-16)21-18(24)12-6-4-5-7-13(12)23/h4-10,23H,1-3H3,(H,21,24). The van der Waals surface area contributed by atoms with Gasteiger partial charge in [-0.05, 0) is 48.1 Å². The minimum absolute atomic E-state index is 0.0279. The number of hydrogen-bond acceptors (Lipinski definition) is 8. The van der Waals surface area contributed by atoms with E-state index in [9.17, 15) is 14.7 Å². The van der Waals surface area contributed by atoms with Crippen molar-refractivity contribution < 1.29 is 28.9 Å². The number of phenolic OH excluding ortho intramolecular Hbond substituents is 1. The van der Waals surface area contributed by atoms with E-state index in [1.54, 1.807) is 30.3 Å². The fourth-order valence-corrected chi connectivity index (χ4v) is 3.91. The molecule has 8 nitrogen and oxygen atoms in total. The molecule has 156 valence electrons. The Morgan fingerprint density at radius 1 is 1.13 bits per heavy atom. The number of thioether (sulfide) groups is 1. The number of hydrazine groups is 1. The first-order chi connectivity index (χ1) is 14.4. The van der Waals surface area contributed by atoms with Gasteiger partial charge in [-0.2, -0.15) is 5.01 Å². The number of para-hydroxylation sites is 1. The van der Waals surface area contributed by atoms with Crippen molar-refractivity contribution in [1.82, 2.24) is 10.4 Å². The quantitative estimate of drug-likeness (QED) is 0.516. The summed E-state index contributed by atoms with van der Waals surface area (Å²) in [5.74, 6) is -0.0492. The van der Waals surface area contributed by atoms with Crippen LogP contribution in [-0.4, -0.2) is 47.6 Å². The Kier molecular flexibility index (Phi) is 6.48. The molecule has 30 heavy (non-hydrogen) atoms. The summed E-state index contributed by atoms with van der Waals surface area (Å²) < 4.78 is 16.1. The fraction of sp³-hybridized carbons (Fsp3) is 0.150. The molecule has 1 fully saturated rings. The lowest BCUT2D eigenvalue weighted by Crippen LogP contribution is -2.44. The molecule has 0 atom stereocenters. The van der Waals surface area contributed by atoms with Gasteiger partial charge in [-0.3, -0.25) is 15.0 Å². The number of carbonyl (C=O) groups excluding carboxylic acids is 2. The number of hydrogen-bond donors (Lipinski definition) is 2. The third kappa shape index (κ3) is 4.19. The molecule has 2 amide bonds. The van der Waals surface area contributed by atoms with E-state index in [0.29, 0.717) is 27.7 Å². The number of methoxy groups -OCH3 is 3. The van der Waals surface area contributed by atoms with E-state index in [-0.39, 0.29) is 15.6 Å². The van der Waals surface area contributed by atoms with Crippen molar-refractivity contribution in [2.24, 2.45) is 0 Å². The van der Waals surface area contributed by atoms with Gasteiger partial charge >= 0.3 is 0 Å². The van der Waals surface area contributed by atoms with E-state index >= 15 is 0 Å². The van der Waals surface area contributed by atoms with Crippen LogP contribution in [0, 0.1) is 0 Å². The van der Waals surface area contributed by atoms with Crippen LogP contribution in [-0.2, 0) is 4.79 Å². The fourth-order valence-electron chi connectivity index (χ4n) is 2.73. The zero-order valence-corrected chi connectivity index (χ0v) is 17.9. The average molecular weight is 447 g/mol. The van der Waals surface area contributed by atoms with E-state index in [1.807, 2.05) is 0 Å². The van der Waals surface area contributed by atoms with Crippen molar-refractivity contribution in [2.45, 2.75) is 0 Å². The number of benzene rings is 2. The van der Waals surface area contributed by atoms with Crippen LogP contribution < -0.4 is 19.6 Å². The molecule has 2 N–H and O–H groups in total. The highest BCUT2D eigenvalue weighted by Gasteiger charge is 2.34. The van der Waals surface area contributed by atoms with Crippen LogP contribution in [0.2, 0.25) is 0 Å². The number of amides is 2. The molecule has 2 aromatic carbocycles. The number of phenols is 1. The molecule has 2 aromatic rings. The van der Waals surface area contributed by atoms with Gasteiger partial charge in [0.2, 0.25) is 5.75 Å². The number of nitrogens with zero attached hydrogens (tertiary/aromatic N) is 1. The second-order valence-electron chi connectivity index (χ2n) is 5.93.